The number of carboxylic acid groups (broad SMARTS) is 1. The third-order valence-corrected chi connectivity index (χ3v) is 3.48. The van der Waals surface area contributed by atoms with Crippen molar-refractivity contribution in [3.63, 3.8) is 0 Å². The van der Waals surface area contributed by atoms with Crippen molar-refractivity contribution < 1.29 is 14.7 Å². The van der Waals surface area contributed by atoms with Crippen LogP contribution in [0.5, 0.6) is 0 Å². The van der Waals surface area contributed by atoms with Gasteiger partial charge < -0.3 is 10.4 Å². The molecule has 0 aromatic carbocycles. The topological polar surface area (TPSA) is 69.6 Å². The second-order valence-electron chi connectivity index (χ2n) is 3.60. The summed E-state index contributed by atoms with van der Waals surface area (Å²) >= 11 is 4.96. The first kappa shape index (κ1) is 14.1. The monoisotopic (exact) mass is 320 g/mol. The number of nitrogens with zero attached hydrogens (tertiary/aromatic N) is 1. The Morgan fingerprint density at radius 1 is 1.59 bits per heavy atom. The summed E-state index contributed by atoms with van der Waals surface area (Å²) in [6, 6.07) is 2.00. The van der Waals surface area contributed by atoms with Crippen molar-refractivity contribution in [2.24, 2.45) is 0 Å². The van der Waals surface area contributed by atoms with Crippen molar-refractivity contribution in [2.75, 3.05) is 20.1 Å². The minimum absolute atomic E-state index is 0.181. The summed E-state index contributed by atoms with van der Waals surface area (Å²) in [5.74, 6) is -1.33. The zero-order valence-electron chi connectivity index (χ0n) is 9.27. The molecule has 0 aliphatic heterocycles. The van der Waals surface area contributed by atoms with Gasteiger partial charge in [0.05, 0.1) is 10.3 Å². The standard InChI is InChI=1S/C10H13BrN2O3S/c1-13(4-7-2-8(11)17-6-7)5-9(14)12-3-10(15)16/h2,6H,3-5H2,1H3,(H,12,14)(H,15,16). The first-order valence-corrected chi connectivity index (χ1v) is 6.54. The third kappa shape index (κ3) is 5.81. The maximum atomic E-state index is 11.3. The maximum absolute atomic E-state index is 11.3. The number of carbonyl (C=O) groups excluding carboxylic acids is 1. The van der Waals surface area contributed by atoms with Crippen molar-refractivity contribution in [1.29, 1.82) is 0 Å². The minimum Gasteiger partial charge on any atom is -0.480 e. The van der Waals surface area contributed by atoms with E-state index < -0.39 is 5.97 Å². The number of thiophene rings is 1. The van der Waals surface area contributed by atoms with E-state index >= 15 is 0 Å². The van der Waals surface area contributed by atoms with Crippen molar-refractivity contribution in [3.8, 4) is 0 Å². The number of halogens is 1. The number of rotatable bonds is 6. The molecule has 5 nitrogen and oxygen atoms in total. The molecule has 94 valence electrons. The second-order valence-corrected chi connectivity index (χ2v) is 5.89. The number of nitrogens with one attached hydrogen (secondary N) is 1. The number of hydrogen-bond donors (Lipinski definition) is 2. The minimum atomic E-state index is -1.04. The fraction of sp³-hybridized carbons (Fsp3) is 0.400. The highest BCUT2D eigenvalue weighted by molar-refractivity contribution is 9.11. The lowest BCUT2D eigenvalue weighted by Crippen LogP contribution is -2.37. The number of carboxylic acids is 1. The molecule has 0 radical (unpaired) electrons. The van der Waals surface area contributed by atoms with Crippen LogP contribution >= 0.6 is 27.3 Å². The summed E-state index contributed by atoms with van der Waals surface area (Å²) < 4.78 is 1.05. The molecular weight excluding hydrogens is 308 g/mol. The lowest BCUT2D eigenvalue weighted by Gasteiger charge is -2.14. The van der Waals surface area contributed by atoms with Gasteiger partial charge in [0.15, 0.2) is 0 Å². The van der Waals surface area contributed by atoms with Gasteiger partial charge in [-0.15, -0.1) is 11.3 Å². The Morgan fingerprint density at radius 3 is 2.82 bits per heavy atom. The summed E-state index contributed by atoms with van der Waals surface area (Å²) in [4.78, 5) is 23.4. The molecule has 1 rings (SSSR count). The van der Waals surface area contributed by atoms with E-state index in [9.17, 15) is 9.59 Å². The van der Waals surface area contributed by atoms with Crippen LogP contribution in [0.1, 0.15) is 5.56 Å². The predicted molar refractivity (Wildman–Crippen MR) is 69.0 cm³/mol. The highest BCUT2D eigenvalue weighted by Gasteiger charge is 2.08. The molecular formula is C10H13BrN2O3S. The smallest absolute Gasteiger partial charge is 0.322 e. The number of aliphatic carboxylic acids is 1. The molecule has 0 fully saturated rings. The van der Waals surface area contributed by atoms with Crippen molar-refractivity contribution in [1.82, 2.24) is 10.2 Å². The van der Waals surface area contributed by atoms with Crippen LogP contribution < -0.4 is 5.32 Å². The average Bonchev–Trinajstić information content (AvgIpc) is 2.60. The summed E-state index contributed by atoms with van der Waals surface area (Å²) in [7, 11) is 1.81. The van der Waals surface area contributed by atoms with Crippen molar-refractivity contribution in [2.45, 2.75) is 6.54 Å². The van der Waals surface area contributed by atoms with Crippen LogP contribution in [0.15, 0.2) is 15.2 Å². The molecule has 1 aromatic heterocycles. The number of amides is 1. The van der Waals surface area contributed by atoms with Crippen LogP contribution in [0.25, 0.3) is 0 Å². The third-order valence-electron chi connectivity index (χ3n) is 1.92. The largest absolute Gasteiger partial charge is 0.480 e. The lowest BCUT2D eigenvalue weighted by atomic mass is 10.3. The molecule has 0 unspecified atom stereocenters. The number of carbonyl (C=O) groups is 2. The highest BCUT2D eigenvalue weighted by atomic mass is 79.9. The van der Waals surface area contributed by atoms with E-state index in [4.69, 9.17) is 5.11 Å². The molecule has 0 saturated heterocycles. The van der Waals surface area contributed by atoms with Gasteiger partial charge in [-0.2, -0.15) is 0 Å². The van der Waals surface area contributed by atoms with E-state index in [0.29, 0.717) is 6.54 Å². The van der Waals surface area contributed by atoms with E-state index in [0.717, 1.165) is 9.35 Å². The molecule has 7 heteroatoms. The maximum Gasteiger partial charge on any atom is 0.322 e. The van der Waals surface area contributed by atoms with Gasteiger partial charge in [0, 0.05) is 6.54 Å². The Labute approximate surface area is 112 Å². The molecule has 0 spiro atoms. The van der Waals surface area contributed by atoms with Crippen LogP contribution in [0.2, 0.25) is 0 Å². The number of hydrogen-bond acceptors (Lipinski definition) is 4. The zero-order valence-corrected chi connectivity index (χ0v) is 11.7. The molecule has 1 amide bonds. The molecule has 1 heterocycles. The summed E-state index contributed by atoms with van der Waals surface area (Å²) in [5, 5.41) is 12.7. The fourth-order valence-electron chi connectivity index (χ4n) is 1.27. The van der Waals surface area contributed by atoms with Gasteiger partial charge in [-0.3, -0.25) is 14.5 Å². The average molecular weight is 321 g/mol. The second kappa shape index (κ2) is 6.73. The quantitative estimate of drug-likeness (QED) is 0.824. The lowest BCUT2D eigenvalue weighted by molar-refractivity contribution is -0.138. The Kier molecular flexibility index (Phi) is 5.60. The molecule has 0 aliphatic rings. The highest BCUT2D eigenvalue weighted by Crippen LogP contribution is 2.21. The Balaban J connectivity index is 2.31. The summed E-state index contributed by atoms with van der Waals surface area (Å²) in [5.41, 5.74) is 1.12. The van der Waals surface area contributed by atoms with E-state index in [1.807, 2.05) is 23.4 Å². The zero-order chi connectivity index (χ0) is 12.8. The van der Waals surface area contributed by atoms with E-state index in [1.165, 1.54) is 0 Å². The van der Waals surface area contributed by atoms with Crippen molar-refractivity contribution in [3.05, 3.63) is 20.8 Å². The molecule has 2 N–H and O–H groups in total. The van der Waals surface area contributed by atoms with Gasteiger partial charge in [0.2, 0.25) is 5.91 Å². The molecule has 0 atom stereocenters. The molecule has 0 bridgehead atoms. The Hall–Kier alpha value is -0.920. The van der Waals surface area contributed by atoms with Crippen LogP contribution in [0.4, 0.5) is 0 Å². The van der Waals surface area contributed by atoms with Crippen LogP contribution in [0, 0.1) is 0 Å². The Bertz CT molecular complexity index is 408. The number of likely N-dealkylation sites (N-methyl/N-ethyl adjacent to an activating group) is 1. The van der Waals surface area contributed by atoms with E-state index in [1.54, 1.807) is 11.3 Å². The van der Waals surface area contributed by atoms with Crippen LogP contribution in [0.3, 0.4) is 0 Å². The van der Waals surface area contributed by atoms with Gasteiger partial charge in [-0.05, 0) is 40.0 Å². The normalized spacial score (nSPS) is 10.5. The van der Waals surface area contributed by atoms with Gasteiger partial charge in [0.1, 0.15) is 6.54 Å². The van der Waals surface area contributed by atoms with Crippen molar-refractivity contribution >= 4 is 39.1 Å². The predicted octanol–water partition coefficient (Wildman–Crippen LogP) is 1.14. The van der Waals surface area contributed by atoms with E-state index in [-0.39, 0.29) is 19.0 Å². The van der Waals surface area contributed by atoms with Gasteiger partial charge in [0.25, 0.3) is 0 Å². The van der Waals surface area contributed by atoms with Crippen LogP contribution in [-0.2, 0) is 16.1 Å². The summed E-state index contributed by atoms with van der Waals surface area (Å²) in [6.45, 7) is 0.500. The SMILES string of the molecule is CN(CC(=O)NCC(=O)O)Cc1csc(Br)c1. The van der Waals surface area contributed by atoms with Gasteiger partial charge in [-0.25, -0.2) is 0 Å². The van der Waals surface area contributed by atoms with Crippen LogP contribution in [-0.4, -0.2) is 42.0 Å². The first-order valence-electron chi connectivity index (χ1n) is 4.87. The molecule has 17 heavy (non-hydrogen) atoms. The van der Waals surface area contributed by atoms with Gasteiger partial charge >= 0.3 is 5.97 Å². The molecule has 0 aliphatic carbocycles. The van der Waals surface area contributed by atoms with Gasteiger partial charge in [-0.1, -0.05) is 0 Å². The molecule has 1 aromatic rings. The summed E-state index contributed by atoms with van der Waals surface area (Å²) in [6.07, 6.45) is 0. The van der Waals surface area contributed by atoms with E-state index in [2.05, 4.69) is 21.2 Å². The first-order chi connectivity index (χ1) is 7.97. The fourth-order valence-corrected chi connectivity index (χ4v) is 2.47. The Morgan fingerprint density at radius 2 is 2.29 bits per heavy atom. The molecule has 0 saturated carbocycles.